The number of hydrogen-bond donors (Lipinski definition) is 3. The molecule has 9 nitrogen and oxygen atoms in total. The molecule has 0 radical (unpaired) electrons. The number of hydrogen-bond acceptors (Lipinski definition) is 6. The predicted octanol–water partition coefficient (Wildman–Crippen LogP) is 1.62. The zero-order chi connectivity index (χ0) is 23.8. The lowest BCUT2D eigenvalue weighted by atomic mass is 10.0. The number of rotatable bonds is 9. The molecule has 1 saturated heterocycles. The quantitative estimate of drug-likeness (QED) is 0.252. The highest BCUT2D eigenvalue weighted by atomic mass is 35.6. The molecule has 3 amide bonds. The number of carbonyl (C=O) groups is 4. The minimum Gasteiger partial charge on any atom is -0.460 e. The van der Waals surface area contributed by atoms with Gasteiger partial charge in [0.05, 0.1) is 0 Å². The molecule has 12 heteroatoms. The summed E-state index contributed by atoms with van der Waals surface area (Å²) in [5.74, 6) is -2.10. The Bertz CT molecular complexity index is 684. The highest BCUT2D eigenvalue weighted by Gasteiger charge is 2.34. The molecule has 1 fully saturated rings. The fourth-order valence-corrected chi connectivity index (χ4v) is 3.03. The van der Waals surface area contributed by atoms with Gasteiger partial charge in [-0.3, -0.25) is 24.2 Å². The van der Waals surface area contributed by atoms with Crippen LogP contribution in [0.15, 0.2) is 12.7 Å². The van der Waals surface area contributed by atoms with E-state index in [4.69, 9.17) is 39.5 Å². The van der Waals surface area contributed by atoms with Crippen LogP contribution >= 0.6 is 34.8 Å². The van der Waals surface area contributed by atoms with Crippen LogP contribution in [0.3, 0.4) is 0 Å². The number of nitrogens with one attached hydrogen (secondary N) is 3. The molecule has 0 bridgehead atoms. The van der Waals surface area contributed by atoms with Crippen LogP contribution in [0.25, 0.3) is 0 Å². The molecule has 0 aromatic rings. The number of esters is 1. The molecule has 0 aliphatic carbocycles. The summed E-state index contributed by atoms with van der Waals surface area (Å²) in [6.07, 6.45) is 2.50. The van der Waals surface area contributed by atoms with Gasteiger partial charge in [-0.25, -0.2) is 5.43 Å². The van der Waals surface area contributed by atoms with E-state index in [0.717, 1.165) is 0 Å². The molecule has 3 N–H and O–H groups in total. The summed E-state index contributed by atoms with van der Waals surface area (Å²) in [7, 11) is 0. The van der Waals surface area contributed by atoms with Gasteiger partial charge in [0.1, 0.15) is 24.7 Å². The van der Waals surface area contributed by atoms with E-state index in [1.165, 1.54) is 18.0 Å². The van der Waals surface area contributed by atoms with Crippen LogP contribution < -0.4 is 16.1 Å². The Labute approximate surface area is 197 Å². The number of hydrazine groups is 1. The van der Waals surface area contributed by atoms with E-state index in [9.17, 15) is 19.2 Å². The molecule has 1 heterocycles. The van der Waals surface area contributed by atoms with Crippen molar-refractivity contribution in [1.29, 1.82) is 0 Å². The fraction of sp³-hybridized carbons (Fsp3) is 0.684. The van der Waals surface area contributed by atoms with Crippen molar-refractivity contribution in [2.45, 2.75) is 62.0 Å². The maximum Gasteiger partial charge on any atom is 0.325 e. The lowest BCUT2D eigenvalue weighted by Crippen LogP contribution is -2.61. The van der Waals surface area contributed by atoms with Gasteiger partial charge in [-0.1, -0.05) is 54.7 Å². The summed E-state index contributed by atoms with van der Waals surface area (Å²) in [6.45, 7) is 8.51. The highest BCUT2D eigenvalue weighted by Crippen LogP contribution is 2.26. The van der Waals surface area contributed by atoms with Crippen molar-refractivity contribution >= 4 is 58.5 Å². The first-order valence-corrected chi connectivity index (χ1v) is 11.0. The Morgan fingerprint density at radius 1 is 1.23 bits per heavy atom. The summed E-state index contributed by atoms with van der Waals surface area (Å²) >= 11 is 16.7. The SMILES string of the molecule is C=CCC(=O)NC(C(=O)NC(C)C(=O)N1CCC[C@@H](C(=O)OCC(Cl)(Cl)Cl)N1)C(C)C. The Balaban J connectivity index is 2.67. The standard InChI is InChI=1S/C19H29Cl3N4O5/c1-5-7-14(27)24-15(11(2)3)16(28)23-12(4)17(29)26-9-6-8-13(25-26)18(30)31-10-19(20,21)22/h5,11-13,15,25H,1,6-10H2,2-4H3,(H,23,28)(H,24,27)/t12?,13-,15?/m0/s1. The molecule has 3 atom stereocenters. The van der Waals surface area contributed by atoms with E-state index < -0.39 is 46.3 Å². The van der Waals surface area contributed by atoms with Crippen LogP contribution in [0, 0.1) is 5.92 Å². The van der Waals surface area contributed by atoms with Gasteiger partial charge in [0.25, 0.3) is 5.91 Å². The van der Waals surface area contributed by atoms with E-state index in [2.05, 4.69) is 22.6 Å². The Hall–Kier alpha value is -1.55. The van der Waals surface area contributed by atoms with Crippen molar-refractivity contribution in [3.05, 3.63) is 12.7 Å². The molecule has 0 aromatic carbocycles. The van der Waals surface area contributed by atoms with Crippen molar-refractivity contribution in [2.75, 3.05) is 13.2 Å². The second-order valence-electron chi connectivity index (χ2n) is 7.55. The second kappa shape index (κ2) is 12.5. The van der Waals surface area contributed by atoms with Crippen LogP contribution in [-0.4, -0.2) is 63.8 Å². The molecule has 0 aromatic heterocycles. The van der Waals surface area contributed by atoms with Gasteiger partial charge in [-0.15, -0.1) is 6.58 Å². The third kappa shape index (κ3) is 9.64. The minimum atomic E-state index is -1.73. The smallest absolute Gasteiger partial charge is 0.325 e. The molecule has 2 unspecified atom stereocenters. The lowest BCUT2D eigenvalue weighted by Gasteiger charge is -2.34. The van der Waals surface area contributed by atoms with E-state index in [1.54, 1.807) is 13.8 Å². The van der Waals surface area contributed by atoms with Gasteiger partial charge in [-0.2, -0.15) is 0 Å². The largest absolute Gasteiger partial charge is 0.460 e. The topological polar surface area (TPSA) is 117 Å². The molecule has 1 aliphatic heterocycles. The monoisotopic (exact) mass is 498 g/mol. The summed E-state index contributed by atoms with van der Waals surface area (Å²) in [4.78, 5) is 49.4. The van der Waals surface area contributed by atoms with Gasteiger partial charge in [-0.05, 0) is 25.7 Å². The van der Waals surface area contributed by atoms with Crippen LogP contribution in [0.5, 0.6) is 0 Å². The molecule has 0 spiro atoms. The molecule has 0 saturated carbocycles. The van der Waals surface area contributed by atoms with Gasteiger partial charge < -0.3 is 15.4 Å². The molecule has 31 heavy (non-hydrogen) atoms. The first-order chi connectivity index (χ1) is 14.4. The van der Waals surface area contributed by atoms with Gasteiger partial charge in [0.15, 0.2) is 0 Å². The molecule has 1 aliphatic rings. The number of amides is 3. The molecule has 1 rings (SSSR count). The van der Waals surface area contributed by atoms with E-state index in [-0.39, 0.29) is 18.2 Å². The Kier molecular flexibility index (Phi) is 11.1. The summed E-state index contributed by atoms with van der Waals surface area (Å²) in [5, 5.41) is 6.51. The maximum atomic E-state index is 12.8. The zero-order valence-electron chi connectivity index (χ0n) is 17.8. The Morgan fingerprint density at radius 3 is 2.42 bits per heavy atom. The van der Waals surface area contributed by atoms with E-state index >= 15 is 0 Å². The number of ether oxygens (including phenoxy) is 1. The zero-order valence-corrected chi connectivity index (χ0v) is 20.0. The van der Waals surface area contributed by atoms with E-state index in [0.29, 0.717) is 19.4 Å². The predicted molar refractivity (Wildman–Crippen MR) is 118 cm³/mol. The molecular formula is C19H29Cl3N4O5. The number of nitrogens with zero attached hydrogens (tertiary/aromatic N) is 1. The second-order valence-corrected chi connectivity index (χ2v) is 10.1. The van der Waals surface area contributed by atoms with Crippen molar-refractivity contribution in [3.8, 4) is 0 Å². The van der Waals surface area contributed by atoms with Crippen molar-refractivity contribution in [1.82, 2.24) is 21.1 Å². The summed E-state index contributed by atoms with van der Waals surface area (Å²) in [6, 6.07) is -2.48. The average Bonchev–Trinajstić information content (AvgIpc) is 2.69. The highest BCUT2D eigenvalue weighted by molar-refractivity contribution is 6.67. The number of alkyl halides is 3. The maximum absolute atomic E-state index is 12.8. The van der Waals surface area contributed by atoms with Crippen molar-refractivity contribution < 1.29 is 23.9 Å². The Morgan fingerprint density at radius 2 is 1.87 bits per heavy atom. The van der Waals surface area contributed by atoms with Crippen LogP contribution in [0.2, 0.25) is 0 Å². The fourth-order valence-electron chi connectivity index (χ4n) is 2.87. The van der Waals surface area contributed by atoms with Gasteiger partial charge in [0, 0.05) is 13.0 Å². The number of carbonyl (C=O) groups excluding carboxylic acids is 4. The number of halogens is 3. The third-order valence-corrected chi connectivity index (χ3v) is 4.77. The first-order valence-electron chi connectivity index (χ1n) is 9.87. The summed E-state index contributed by atoms with van der Waals surface area (Å²) < 4.78 is 3.23. The van der Waals surface area contributed by atoms with Gasteiger partial charge in [0.2, 0.25) is 15.6 Å². The average molecular weight is 500 g/mol. The van der Waals surface area contributed by atoms with Crippen molar-refractivity contribution in [2.24, 2.45) is 5.92 Å². The van der Waals surface area contributed by atoms with Gasteiger partial charge >= 0.3 is 5.97 Å². The van der Waals surface area contributed by atoms with Crippen LogP contribution in [0.1, 0.15) is 40.0 Å². The lowest BCUT2D eigenvalue weighted by molar-refractivity contribution is -0.152. The molecular weight excluding hydrogens is 471 g/mol. The molecule has 176 valence electrons. The van der Waals surface area contributed by atoms with Crippen LogP contribution in [0.4, 0.5) is 0 Å². The van der Waals surface area contributed by atoms with Crippen LogP contribution in [-0.2, 0) is 23.9 Å². The normalized spacial score (nSPS) is 18.7. The van der Waals surface area contributed by atoms with Crippen molar-refractivity contribution in [3.63, 3.8) is 0 Å². The third-order valence-electron chi connectivity index (χ3n) is 4.44. The van der Waals surface area contributed by atoms with E-state index in [1.807, 2.05) is 0 Å². The summed E-state index contributed by atoms with van der Waals surface area (Å²) in [5.41, 5.74) is 2.79. The minimum absolute atomic E-state index is 0.0818. The first kappa shape index (κ1) is 27.5.